The third-order valence-corrected chi connectivity index (χ3v) is 4.27. The van der Waals surface area contributed by atoms with Gasteiger partial charge in [-0.3, -0.25) is 9.79 Å². The standard InChI is InChI=1S/C21H17NO5/c1-12-5-4-6-13(9-12)22-11-14-10-16(23)17-18(24-2)15-7-8-26-19(15)21(25-3)20(17)27-14/h4-11H,1-3H3. The van der Waals surface area contributed by atoms with Gasteiger partial charge < -0.3 is 18.3 Å². The molecule has 2 aromatic carbocycles. The van der Waals surface area contributed by atoms with E-state index in [-0.39, 0.29) is 11.0 Å². The second-order valence-corrected chi connectivity index (χ2v) is 6.04. The third-order valence-electron chi connectivity index (χ3n) is 4.27. The number of aliphatic imine (C=N–C) groups is 1. The Morgan fingerprint density at radius 3 is 2.59 bits per heavy atom. The van der Waals surface area contributed by atoms with Crippen molar-refractivity contribution < 1.29 is 18.3 Å². The van der Waals surface area contributed by atoms with Gasteiger partial charge in [-0.25, -0.2) is 0 Å². The van der Waals surface area contributed by atoms with Gasteiger partial charge in [0.05, 0.1) is 37.8 Å². The second-order valence-electron chi connectivity index (χ2n) is 6.04. The van der Waals surface area contributed by atoms with Crippen LogP contribution in [-0.4, -0.2) is 20.4 Å². The largest absolute Gasteiger partial charge is 0.495 e. The summed E-state index contributed by atoms with van der Waals surface area (Å²) in [4.78, 5) is 17.2. The molecule has 4 aromatic rings. The Hall–Kier alpha value is -3.54. The van der Waals surface area contributed by atoms with E-state index in [0.29, 0.717) is 33.6 Å². The number of aryl methyl sites for hydroxylation is 1. The minimum atomic E-state index is -0.250. The second kappa shape index (κ2) is 6.64. The highest BCUT2D eigenvalue weighted by Gasteiger charge is 2.22. The number of rotatable bonds is 4. The summed E-state index contributed by atoms with van der Waals surface area (Å²) < 4.78 is 22.3. The minimum Gasteiger partial charge on any atom is -0.495 e. The van der Waals surface area contributed by atoms with E-state index in [1.54, 1.807) is 6.07 Å². The van der Waals surface area contributed by atoms with Crippen molar-refractivity contribution >= 4 is 33.8 Å². The SMILES string of the molecule is COc1c2occc2c(OC)c2c(=O)cc(C=Nc3cccc(C)c3)oc12. The Balaban J connectivity index is 1.95. The van der Waals surface area contributed by atoms with Gasteiger partial charge in [0.15, 0.2) is 16.6 Å². The molecular weight excluding hydrogens is 346 g/mol. The highest BCUT2D eigenvalue weighted by molar-refractivity contribution is 6.07. The molecule has 136 valence electrons. The fraction of sp³-hybridized carbons (Fsp3) is 0.143. The average molecular weight is 363 g/mol. The van der Waals surface area contributed by atoms with Gasteiger partial charge in [0.25, 0.3) is 0 Å². The zero-order chi connectivity index (χ0) is 19.0. The van der Waals surface area contributed by atoms with Gasteiger partial charge in [0.2, 0.25) is 5.75 Å². The van der Waals surface area contributed by atoms with Crippen molar-refractivity contribution in [3.63, 3.8) is 0 Å². The highest BCUT2D eigenvalue weighted by Crippen LogP contribution is 2.41. The van der Waals surface area contributed by atoms with Crippen molar-refractivity contribution in [2.75, 3.05) is 14.2 Å². The van der Waals surface area contributed by atoms with Gasteiger partial charge in [-0.05, 0) is 30.7 Å². The minimum absolute atomic E-state index is 0.250. The molecule has 0 saturated carbocycles. The average Bonchev–Trinajstić information content (AvgIpc) is 3.14. The summed E-state index contributed by atoms with van der Waals surface area (Å²) in [5, 5.41) is 0.950. The Kier molecular flexibility index (Phi) is 4.16. The maximum atomic E-state index is 12.8. The first-order valence-corrected chi connectivity index (χ1v) is 8.32. The van der Waals surface area contributed by atoms with Crippen LogP contribution in [0.5, 0.6) is 11.5 Å². The first-order chi connectivity index (χ1) is 13.1. The Labute approximate surface area is 154 Å². The summed E-state index contributed by atoms with van der Waals surface area (Å²) in [5.74, 6) is 1.04. The molecule has 0 bridgehead atoms. The lowest BCUT2D eigenvalue weighted by Gasteiger charge is -2.10. The van der Waals surface area contributed by atoms with Crippen LogP contribution < -0.4 is 14.9 Å². The predicted molar refractivity (Wildman–Crippen MR) is 104 cm³/mol. The van der Waals surface area contributed by atoms with Crippen molar-refractivity contribution in [3.05, 3.63) is 64.2 Å². The van der Waals surface area contributed by atoms with Gasteiger partial charge in [0.1, 0.15) is 16.9 Å². The lowest BCUT2D eigenvalue weighted by Crippen LogP contribution is -2.05. The zero-order valence-electron chi connectivity index (χ0n) is 15.1. The summed E-state index contributed by atoms with van der Waals surface area (Å²) >= 11 is 0. The molecule has 0 radical (unpaired) electrons. The van der Waals surface area contributed by atoms with Crippen molar-refractivity contribution in [1.82, 2.24) is 0 Å². The fourth-order valence-corrected chi connectivity index (χ4v) is 3.10. The number of nitrogens with zero attached hydrogens (tertiary/aromatic N) is 1. The molecule has 0 aliphatic carbocycles. The van der Waals surface area contributed by atoms with E-state index >= 15 is 0 Å². The van der Waals surface area contributed by atoms with Gasteiger partial charge in [-0.15, -0.1) is 0 Å². The number of furan rings is 1. The molecule has 0 atom stereocenters. The van der Waals surface area contributed by atoms with Crippen molar-refractivity contribution in [2.24, 2.45) is 4.99 Å². The van der Waals surface area contributed by atoms with Crippen molar-refractivity contribution in [1.29, 1.82) is 0 Å². The Morgan fingerprint density at radius 2 is 1.85 bits per heavy atom. The first kappa shape index (κ1) is 16.9. The van der Waals surface area contributed by atoms with E-state index < -0.39 is 0 Å². The molecule has 6 heteroatoms. The molecule has 4 rings (SSSR count). The van der Waals surface area contributed by atoms with E-state index in [4.69, 9.17) is 18.3 Å². The van der Waals surface area contributed by atoms with E-state index in [1.165, 1.54) is 32.8 Å². The molecule has 2 heterocycles. The van der Waals surface area contributed by atoms with Crippen LogP contribution in [0.1, 0.15) is 11.3 Å². The van der Waals surface area contributed by atoms with Gasteiger partial charge >= 0.3 is 0 Å². The maximum absolute atomic E-state index is 12.8. The lowest BCUT2D eigenvalue weighted by atomic mass is 10.1. The topological polar surface area (TPSA) is 74.2 Å². The molecule has 0 aliphatic rings. The first-order valence-electron chi connectivity index (χ1n) is 8.32. The van der Waals surface area contributed by atoms with Crippen LogP contribution >= 0.6 is 0 Å². The van der Waals surface area contributed by atoms with E-state index in [1.807, 2.05) is 31.2 Å². The molecule has 0 saturated heterocycles. The molecule has 0 spiro atoms. The van der Waals surface area contributed by atoms with Crippen molar-refractivity contribution in [2.45, 2.75) is 6.92 Å². The van der Waals surface area contributed by atoms with Crippen LogP contribution in [-0.2, 0) is 0 Å². The summed E-state index contributed by atoms with van der Waals surface area (Å²) in [6, 6.07) is 10.8. The van der Waals surface area contributed by atoms with Crippen LogP contribution in [0.3, 0.4) is 0 Å². The number of hydrogen-bond acceptors (Lipinski definition) is 6. The van der Waals surface area contributed by atoms with E-state index in [2.05, 4.69) is 4.99 Å². The van der Waals surface area contributed by atoms with Gasteiger partial charge in [0, 0.05) is 6.07 Å². The molecule has 0 N–H and O–H groups in total. The van der Waals surface area contributed by atoms with Crippen LogP contribution in [0.2, 0.25) is 0 Å². The Morgan fingerprint density at radius 1 is 1.04 bits per heavy atom. The van der Waals surface area contributed by atoms with Crippen molar-refractivity contribution in [3.8, 4) is 11.5 Å². The molecule has 0 unspecified atom stereocenters. The smallest absolute Gasteiger partial charge is 0.206 e. The van der Waals surface area contributed by atoms with Crippen LogP contribution in [0.15, 0.2) is 61.3 Å². The molecule has 27 heavy (non-hydrogen) atoms. The van der Waals surface area contributed by atoms with E-state index in [9.17, 15) is 4.79 Å². The monoisotopic (exact) mass is 363 g/mol. The predicted octanol–water partition coefficient (Wildman–Crippen LogP) is 4.62. The summed E-state index contributed by atoms with van der Waals surface area (Å²) in [6.07, 6.45) is 3.02. The third kappa shape index (κ3) is 2.85. The zero-order valence-corrected chi connectivity index (χ0v) is 15.1. The molecule has 0 amide bonds. The number of fused-ring (bicyclic) bond motifs is 2. The quantitative estimate of drug-likeness (QED) is 0.495. The molecule has 0 aliphatic heterocycles. The van der Waals surface area contributed by atoms with Crippen LogP contribution in [0.4, 0.5) is 5.69 Å². The fourth-order valence-electron chi connectivity index (χ4n) is 3.10. The summed E-state index contributed by atoms with van der Waals surface area (Å²) in [7, 11) is 3.00. The number of hydrogen-bond donors (Lipinski definition) is 0. The molecule has 0 fully saturated rings. The molecule has 6 nitrogen and oxygen atoms in total. The van der Waals surface area contributed by atoms with Gasteiger partial charge in [-0.1, -0.05) is 12.1 Å². The summed E-state index contributed by atoms with van der Waals surface area (Å²) in [6.45, 7) is 1.99. The van der Waals surface area contributed by atoms with Crippen LogP contribution in [0.25, 0.3) is 21.9 Å². The van der Waals surface area contributed by atoms with Crippen LogP contribution in [0, 0.1) is 6.92 Å². The Bertz CT molecular complexity index is 1230. The van der Waals surface area contributed by atoms with E-state index in [0.717, 1.165) is 11.3 Å². The molecule has 2 aromatic heterocycles. The number of methoxy groups -OCH3 is 2. The normalized spacial score (nSPS) is 11.5. The lowest BCUT2D eigenvalue weighted by molar-refractivity contribution is 0.400. The highest BCUT2D eigenvalue weighted by atomic mass is 16.5. The number of ether oxygens (including phenoxy) is 2. The maximum Gasteiger partial charge on any atom is 0.206 e. The summed E-state index contributed by atoms with van der Waals surface area (Å²) in [5.41, 5.74) is 2.33. The van der Waals surface area contributed by atoms with Gasteiger partial charge in [-0.2, -0.15) is 0 Å². The molecular formula is C21H17NO5. The number of benzene rings is 2.